The molecule has 3 aromatic rings. The zero-order valence-electron chi connectivity index (χ0n) is 16.7. The molecule has 0 fully saturated rings. The third-order valence-electron chi connectivity index (χ3n) is 4.57. The van der Waals surface area contributed by atoms with Crippen molar-refractivity contribution in [1.29, 1.82) is 0 Å². The van der Waals surface area contributed by atoms with Gasteiger partial charge in [0.1, 0.15) is 5.82 Å². The maximum Gasteiger partial charge on any atom is 0.191 e. The third kappa shape index (κ3) is 6.85. The highest BCUT2D eigenvalue weighted by molar-refractivity contribution is 14.0. The molecule has 0 saturated heterocycles. The summed E-state index contributed by atoms with van der Waals surface area (Å²) in [5.74, 6) is 0.427. The van der Waals surface area contributed by atoms with Gasteiger partial charge in [-0.2, -0.15) is 0 Å². The summed E-state index contributed by atoms with van der Waals surface area (Å²) in [7, 11) is 1.74. The van der Waals surface area contributed by atoms with E-state index in [2.05, 4.69) is 51.8 Å². The van der Waals surface area contributed by atoms with E-state index in [1.54, 1.807) is 36.4 Å². The highest BCUT2D eigenvalue weighted by Crippen LogP contribution is 2.15. The Morgan fingerprint density at radius 3 is 2.62 bits per heavy atom. The monoisotopic (exact) mass is 507 g/mol. The van der Waals surface area contributed by atoms with Gasteiger partial charge in [-0.05, 0) is 43.0 Å². The lowest BCUT2D eigenvalue weighted by Gasteiger charge is -2.18. The van der Waals surface area contributed by atoms with Crippen molar-refractivity contribution in [2.24, 2.45) is 4.99 Å². The highest BCUT2D eigenvalue weighted by atomic mass is 127. The minimum atomic E-state index is -0.281. The Kier molecular flexibility index (Phi) is 9.11. The molecule has 1 atom stereocenters. The number of nitrogens with one attached hydrogen (secondary N) is 2. The molecule has 1 aromatic heterocycles. The van der Waals surface area contributed by atoms with E-state index < -0.39 is 0 Å². The summed E-state index contributed by atoms with van der Waals surface area (Å²) in [6.07, 6.45) is 6.94. The average Bonchev–Trinajstić information content (AvgIpc) is 3.25. The fourth-order valence-corrected chi connectivity index (χ4v) is 2.99. The number of nitrogens with zero attached hydrogens (tertiary/aromatic N) is 3. The van der Waals surface area contributed by atoms with E-state index in [1.165, 1.54) is 11.6 Å². The molecule has 0 amide bonds. The fourth-order valence-electron chi connectivity index (χ4n) is 2.99. The van der Waals surface area contributed by atoms with Gasteiger partial charge < -0.3 is 15.2 Å². The Morgan fingerprint density at radius 2 is 1.97 bits per heavy atom. The van der Waals surface area contributed by atoms with Crippen LogP contribution in [0.15, 0.2) is 72.2 Å². The molecule has 2 N–H and O–H groups in total. The normalized spacial score (nSPS) is 12.2. The fraction of sp³-hybridized carbons (Fsp3) is 0.273. The van der Waals surface area contributed by atoms with Gasteiger partial charge in [0.05, 0.1) is 12.0 Å². The molecule has 0 aliphatic carbocycles. The van der Waals surface area contributed by atoms with E-state index in [0.717, 1.165) is 18.4 Å². The number of aryl methyl sites for hydroxylation is 1. The molecule has 154 valence electrons. The first kappa shape index (κ1) is 22.9. The van der Waals surface area contributed by atoms with Crippen LogP contribution in [0.25, 0.3) is 5.69 Å². The van der Waals surface area contributed by atoms with Crippen LogP contribution in [-0.4, -0.2) is 28.6 Å². The van der Waals surface area contributed by atoms with Crippen molar-refractivity contribution >= 4 is 29.9 Å². The van der Waals surface area contributed by atoms with E-state index >= 15 is 0 Å². The zero-order valence-corrected chi connectivity index (χ0v) is 19.0. The number of aliphatic imine (C=N–C) groups is 1. The van der Waals surface area contributed by atoms with Crippen molar-refractivity contribution in [3.8, 4) is 5.69 Å². The van der Waals surface area contributed by atoms with Gasteiger partial charge >= 0.3 is 0 Å². The van der Waals surface area contributed by atoms with Gasteiger partial charge in [0.25, 0.3) is 0 Å². The van der Waals surface area contributed by atoms with Crippen molar-refractivity contribution in [2.75, 3.05) is 7.05 Å². The summed E-state index contributed by atoms with van der Waals surface area (Å²) < 4.78 is 16.0. The van der Waals surface area contributed by atoms with Crippen LogP contribution in [0.4, 0.5) is 4.39 Å². The summed E-state index contributed by atoms with van der Waals surface area (Å²) >= 11 is 0. The van der Waals surface area contributed by atoms with Gasteiger partial charge in [-0.15, -0.1) is 24.0 Å². The Hall–Kier alpha value is -2.42. The van der Waals surface area contributed by atoms with E-state index in [0.29, 0.717) is 18.2 Å². The minimum absolute atomic E-state index is 0. The standard InChI is InChI=1S/C22H26FN5.HI/c1-17(8-9-18-6-4-3-5-7-18)27-22(24-2)26-15-19-10-11-21(20(23)14-19)28-13-12-25-16-28;/h3-7,10-14,16-17H,8-9,15H2,1-2H3,(H2,24,26,27);1H. The maximum atomic E-state index is 14.4. The molecule has 29 heavy (non-hydrogen) atoms. The molecular weight excluding hydrogens is 480 g/mol. The highest BCUT2D eigenvalue weighted by Gasteiger charge is 2.08. The number of guanidine groups is 1. The molecule has 1 heterocycles. The summed E-state index contributed by atoms with van der Waals surface area (Å²) in [6.45, 7) is 2.63. The van der Waals surface area contributed by atoms with Gasteiger partial charge in [0.15, 0.2) is 5.96 Å². The quantitative estimate of drug-likeness (QED) is 0.285. The average molecular weight is 507 g/mol. The third-order valence-corrected chi connectivity index (χ3v) is 4.57. The number of halogens is 2. The molecule has 0 spiro atoms. The van der Waals surface area contributed by atoms with Crippen molar-refractivity contribution in [1.82, 2.24) is 20.2 Å². The van der Waals surface area contributed by atoms with Crippen LogP contribution < -0.4 is 10.6 Å². The van der Waals surface area contributed by atoms with Crippen LogP contribution >= 0.6 is 24.0 Å². The summed E-state index contributed by atoms with van der Waals surface area (Å²) in [5.41, 5.74) is 2.66. The number of aromatic nitrogens is 2. The second kappa shape index (κ2) is 11.5. The molecule has 0 bridgehead atoms. The number of hydrogen-bond acceptors (Lipinski definition) is 2. The number of hydrogen-bond donors (Lipinski definition) is 2. The van der Waals surface area contributed by atoms with Crippen molar-refractivity contribution in [2.45, 2.75) is 32.4 Å². The lowest BCUT2D eigenvalue weighted by Crippen LogP contribution is -2.42. The first-order valence-electron chi connectivity index (χ1n) is 9.43. The van der Waals surface area contributed by atoms with Gasteiger partial charge in [-0.1, -0.05) is 36.4 Å². The van der Waals surface area contributed by atoms with Gasteiger partial charge in [0.2, 0.25) is 0 Å². The van der Waals surface area contributed by atoms with E-state index in [4.69, 9.17) is 0 Å². The number of rotatable bonds is 7. The summed E-state index contributed by atoms with van der Waals surface area (Å²) in [4.78, 5) is 8.22. The molecule has 0 saturated carbocycles. The van der Waals surface area contributed by atoms with E-state index in [9.17, 15) is 4.39 Å². The van der Waals surface area contributed by atoms with Crippen LogP contribution in [0.3, 0.4) is 0 Å². The molecule has 0 aliphatic heterocycles. The largest absolute Gasteiger partial charge is 0.354 e. The minimum Gasteiger partial charge on any atom is -0.354 e. The molecule has 3 rings (SSSR count). The van der Waals surface area contributed by atoms with Crippen molar-refractivity contribution < 1.29 is 4.39 Å². The molecule has 1 unspecified atom stereocenters. The number of imidazole rings is 1. The molecule has 2 aromatic carbocycles. The van der Waals surface area contributed by atoms with Gasteiger partial charge in [-0.3, -0.25) is 4.99 Å². The SMILES string of the molecule is CN=C(NCc1ccc(-n2ccnc2)c(F)c1)NC(C)CCc1ccccc1.I. The lowest BCUT2D eigenvalue weighted by molar-refractivity contribution is 0.592. The van der Waals surface area contributed by atoms with E-state index in [-0.39, 0.29) is 35.8 Å². The topological polar surface area (TPSA) is 54.2 Å². The zero-order chi connectivity index (χ0) is 19.8. The van der Waals surface area contributed by atoms with Gasteiger partial charge in [0, 0.05) is 32.0 Å². The molecule has 0 radical (unpaired) electrons. The predicted molar refractivity (Wildman–Crippen MR) is 126 cm³/mol. The second-order valence-electron chi connectivity index (χ2n) is 6.75. The van der Waals surface area contributed by atoms with Crippen LogP contribution in [0.5, 0.6) is 0 Å². The summed E-state index contributed by atoms with van der Waals surface area (Å²) in [6, 6.07) is 15.9. The Balaban J connectivity index is 0.00000300. The Labute approximate surface area is 188 Å². The first-order chi connectivity index (χ1) is 13.7. The molecule has 5 nitrogen and oxygen atoms in total. The van der Waals surface area contributed by atoms with Crippen LogP contribution in [0.2, 0.25) is 0 Å². The molecular formula is C22H27FIN5. The van der Waals surface area contributed by atoms with Crippen molar-refractivity contribution in [3.63, 3.8) is 0 Å². The van der Waals surface area contributed by atoms with Crippen LogP contribution in [0, 0.1) is 5.82 Å². The van der Waals surface area contributed by atoms with Gasteiger partial charge in [-0.25, -0.2) is 9.37 Å². The van der Waals surface area contributed by atoms with Crippen LogP contribution in [-0.2, 0) is 13.0 Å². The smallest absolute Gasteiger partial charge is 0.191 e. The first-order valence-corrected chi connectivity index (χ1v) is 9.43. The second-order valence-corrected chi connectivity index (χ2v) is 6.75. The summed E-state index contributed by atoms with van der Waals surface area (Å²) in [5, 5.41) is 6.64. The molecule has 7 heteroatoms. The Bertz CT molecular complexity index is 897. The van der Waals surface area contributed by atoms with Crippen molar-refractivity contribution in [3.05, 3.63) is 84.2 Å². The predicted octanol–water partition coefficient (Wildman–Crippen LogP) is 4.32. The van der Waals surface area contributed by atoms with E-state index in [1.807, 2.05) is 12.1 Å². The molecule has 0 aliphatic rings. The maximum absolute atomic E-state index is 14.4. The number of benzene rings is 2. The van der Waals surface area contributed by atoms with Crippen LogP contribution in [0.1, 0.15) is 24.5 Å². The Morgan fingerprint density at radius 1 is 1.17 bits per heavy atom. The lowest BCUT2D eigenvalue weighted by atomic mass is 10.1.